The second-order valence-corrected chi connectivity index (χ2v) is 7.26. The summed E-state index contributed by atoms with van der Waals surface area (Å²) in [5.41, 5.74) is -0.363. The van der Waals surface area contributed by atoms with Gasteiger partial charge >= 0.3 is 5.97 Å². The maximum Gasteiger partial charge on any atom is 0.306 e. The average molecular weight is 400 g/mol. The molecular formula is C22H28N2O5. The third-order valence-electron chi connectivity index (χ3n) is 4.87. The van der Waals surface area contributed by atoms with Crippen LogP contribution in [0.25, 0.3) is 0 Å². The smallest absolute Gasteiger partial charge is 0.306 e. The van der Waals surface area contributed by atoms with Crippen molar-refractivity contribution in [3.63, 3.8) is 0 Å². The summed E-state index contributed by atoms with van der Waals surface area (Å²) in [6, 6.07) is 8.96. The van der Waals surface area contributed by atoms with E-state index in [-0.39, 0.29) is 18.6 Å². The quantitative estimate of drug-likeness (QED) is 0.477. The SMILES string of the molecule is CCCOc1ccc(C(=O)CCC(=O)OCC(=O)NC2(C#N)CCCCC2)cc1. The zero-order chi connectivity index (χ0) is 21.1. The number of Topliss-reactive ketones (excluding diaryl/α,β-unsaturated/α-hetero) is 1. The molecule has 1 amide bonds. The number of hydrogen-bond donors (Lipinski definition) is 1. The van der Waals surface area contributed by atoms with Crippen molar-refractivity contribution in [2.24, 2.45) is 0 Å². The van der Waals surface area contributed by atoms with Gasteiger partial charge in [0.05, 0.1) is 19.1 Å². The van der Waals surface area contributed by atoms with Gasteiger partial charge in [-0.3, -0.25) is 14.4 Å². The topological polar surface area (TPSA) is 105 Å². The number of nitrogens with zero attached hydrogens (tertiary/aromatic N) is 1. The lowest BCUT2D eigenvalue weighted by molar-refractivity contribution is -0.148. The molecule has 0 spiro atoms. The third-order valence-corrected chi connectivity index (χ3v) is 4.87. The Bertz CT molecular complexity index is 745. The van der Waals surface area contributed by atoms with E-state index in [0.717, 1.165) is 25.7 Å². The number of carbonyl (C=O) groups is 3. The Morgan fingerprint density at radius 3 is 2.41 bits per heavy atom. The Hall–Kier alpha value is -2.88. The fraction of sp³-hybridized carbons (Fsp3) is 0.545. The van der Waals surface area contributed by atoms with Gasteiger partial charge in [0.15, 0.2) is 12.4 Å². The van der Waals surface area contributed by atoms with Crippen molar-refractivity contribution in [1.29, 1.82) is 5.26 Å². The first-order valence-electron chi connectivity index (χ1n) is 10.1. The number of esters is 1. The number of nitrogens with one attached hydrogen (secondary N) is 1. The van der Waals surface area contributed by atoms with Crippen LogP contribution in [0.1, 0.15) is 68.6 Å². The van der Waals surface area contributed by atoms with Gasteiger partial charge < -0.3 is 14.8 Å². The molecule has 1 aliphatic carbocycles. The second-order valence-electron chi connectivity index (χ2n) is 7.26. The Morgan fingerprint density at radius 2 is 1.79 bits per heavy atom. The van der Waals surface area contributed by atoms with Crippen LogP contribution in [0.15, 0.2) is 24.3 Å². The van der Waals surface area contributed by atoms with Gasteiger partial charge in [-0.1, -0.05) is 26.2 Å². The van der Waals surface area contributed by atoms with E-state index in [2.05, 4.69) is 11.4 Å². The van der Waals surface area contributed by atoms with Crippen molar-refractivity contribution in [3.8, 4) is 11.8 Å². The molecule has 1 saturated carbocycles. The lowest BCUT2D eigenvalue weighted by Crippen LogP contribution is -2.50. The molecule has 0 atom stereocenters. The van der Waals surface area contributed by atoms with Gasteiger partial charge in [-0.15, -0.1) is 0 Å². The molecule has 0 aromatic heterocycles. The largest absolute Gasteiger partial charge is 0.494 e. The van der Waals surface area contributed by atoms with Gasteiger partial charge in [-0.05, 0) is 43.5 Å². The van der Waals surface area contributed by atoms with Crippen LogP contribution in [0, 0.1) is 11.3 Å². The molecule has 0 aliphatic heterocycles. The maximum atomic E-state index is 12.2. The summed E-state index contributed by atoms with van der Waals surface area (Å²) in [5.74, 6) is -0.595. The van der Waals surface area contributed by atoms with E-state index in [1.165, 1.54) is 0 Å². The summed E-state index contributed by atoms with van der Waals surface area (Å²) in [6.45, 7) is 2.18. The number of ketones is 1. The molecule has 1 aromatic carbocycles. The number of hydrogen-bond acceptors (Lipinski definition) is 6. The van der Waals surface area contributed by atoms with E-state index in [9.17, 15) is 19.6 Å². The van der Waals surface area contributed by atoms with Crippen molar-refractivity contribution in [2.45, 2.75) is 63.8 Å². The Balaban J connectivity index is 1.71. The number of ether oxygens (including phenoxy) is 2. The fourth-order valence-corrected chi connectivity index (χ4v) is 3.26. The predicted octanol–water partition coefficient (Wildman–Crippen LogP) is 3.32. The highest BCUT2D eigenvalue weighted by Crippen LogP contribution is 2.27. The lowest BCUT2D eigenvalue weighted by atomic mass is 9.83. The van der Waals surface area contributed by atoms with Gasteiger partial charge in [-0.2, -0.15) is 5.26 Å². The van der Waals surface area contributed by atoms with Gasteiger partial charge in [0.2, 0.25) is 0 Å². The van der Waals surface area contributed by atoms with Crippen LogP contribution in [-0.2, 0) is 14.3 Å². The molecule has 0 heterocycles. The number of amides is 1. The molecule has 7 heteroatoms. The Labute approximate surface area is 171 Å². The van der Waals surface area contributed by atoms with E-state index in [0.29, 0.717) is 30.8 Å². The van der Waals surface area contributed by atoms with Crippen LogP contribution in [0.3, 0.4) is 0 Å². The first-order valence-corrected chi connectivity index (χ1v) is 10.1. The fourth-order valence-electron chi connectivity index (χ4n) is 3.26. The second kappa shape index (κ2) is 11.2. The van der Waals surface area contributed by atoms with Gasteiger partial charge in [-0.25, -0.2) is 0 Å². The van der Waals surface area contributed by atoms with E-state index < -0.39 is 24.0 Å². The van der Waals surface area contributed by atoms with E-state index in [1.54, 1.807) is 24.3 Å². The average Bonchev–Trinajstić information content (AvgIpc) is 2.75. The van der Waals surface area contributed by atoms with Gasteiger partial charge in [0.25, 0.3) is 5.91 Å². The van der Waals surface area contributed by atoms with Crippen LogP contribution in [0.4, 0.5) is 0 Å². The van der Waals surface area contributed by atoms with Crippen LogP contribution in [0.2, 0.25) is 0 Å². The normalized spacial score (nSPS) is 15.0. The highest BCUT2D eigenvalue weighted by atomic mass is 16.5. The minimum absolute atomic E-state index is 0.00223. The predicted molar refractivity (Wildman–Crippen MR) is 106 cm³/mol. The first kappa shape index (κ1) is 22.4. The van der Waals surface area contributed by atoms with Crippen molar-refractivity contribution in [2.75, 3.05) is 13.2 Å². The molecular weight excluding hydrogens is 372 g/mol. The molecule has 2 rings (SSSR count). The maximum absolute atomic E-state index is 12.2. The number of carbonyl (C=O) groups excluding carboxylic acids is 3. The monoisotopic (exact) mass is 400 g/mol. The van der Waals surface area contributed by atoms with Crippen LogP contribution in [0.5, 0.6) is 5.75 Å². The summed E-state index contributed by atoms with van der Waals surface area (Å²) in [6.07, 6.45) is 4.85. The summed E-state index contributed by atoms with van der Waals surface area (Å²) in [5, 5.41) is 12.1. The number of nitriles is 1. The molecule has 0 bridgehead atoms. The van der Waals surface area contributed by atoms with Gasteiger partial charge in [0, 0.05) is 12.0 Å². The molecule has 7 nitrogen and oxygen atoms in total. The molecule has 0 radical (unpaired) electrons. The molecule has 0 saturated heterocycles. The van der Waals surface area contributed by atoms with Crippen LogP contribution < -0.4 is 10.1 Å². The highest BCUT2D eigenvalue weighted by molar-refractivity contribution is 5.97. The minimum atomic E-state index is -0.856. The molecule has 1 aliphatic rings. The lowest BCUT2D eigenvalue weighted by Gasteiger charge is -2.31. The summed E-state index contributed by atoms with van der Waals surface area (Å²) < 4.78 is 10.4. The zero-order valence-electron chi connectivity index (χ0n) is 16.9. The summed E-state index contributed by atoms with van der Waals surface area (Å²) in [7, 11) is 0. The Kier molecular flexibility index (Phi) is 8.66. The Morgan fingerprint density at radius 1 is 1.10 bits per heavy atom. The first-order chi connectivity index (χ1) is 14.0. The third kappa shape index (κ3) is 7.22. The molecule has 0 unspecified atom stereocenters. The van der Waals surface area contributed by atoms with Crippen molar-refractivity contribution >= 4 is 17.7 Å². The van der Waals surface area contributed by atoms with E-state index in [1.807, 2.05) is 6.92 Å². The highest BCUT2D eigenvalue weighted by Gasteiger charge is 2.33. The molecule has 1 fully saturated rings. The van der Waals surface area contributed by atoms with Crippen molar-refractivity contribution in [3.05, 3.63) is 29.8 Å². The van der Waals surface area contributed by atoms with E-state index in [4.69, 9.17) is 9.47 Å². The van der Waals surface area contributed by atoms with Crippen LogP contribution in [-0.4, -0.2) is 36.4 Å². The van der Waals surface area contributed by atoms with E-state index >= 15 is 0 Å². The number of rotatable bonds is 10. The molecule has 1 aromatic rings. The standard InChI is InChI=1S/C22H28N2O5/c1-2-14-28-18-8-6-17(7-9-18)19(25)10-11-21(27)29-15-20(26)24-22(16-23)12-4-3-5-13-22/h6-9H,2-5,10-15H2,1H3,(H,24,26). The van der Waals surface area contributed by atoms with Gasteiger partial charge in [0.1, 0.15) is 11.3 Å². The molecule has 156 valence electrons. The summed E-state index contributed by atoms with van der Waals surface area (Å²) in [4.78, 5) is 36.1. The van der Waals surface area contributed by atoms with Crippen molar-refractivity contribution in [1.82, 2.24) is 5.32 Å². The van der Waals surface area contributed by atoms with Crippen molar-refractivity contribution < 1.29 is 23.9 Å². The summed E-state index contributed by atoms with van der Waals surface area (Å²) >= 11 is 0. The molecule has 1 N–H and O–H groups in total. The molecule has 29 heavy (non-hydrogen) atoms. The minimum Gasteiger partial charge on any atom is -0.494 e. The van der Waals surface area contributed by atoms with Crippen LogP contribution >= 0.6 is 0 Å². The zero-order valence-corrected chi connectivity index (χ0v) is 16.9. The number of benzene rings is 1.